The number of rotatable bonds is 4. The molecule has 6 nitrogen and oxygen atoms in total. The molecule has 0 fully saturated rings. The number of anilines is 1. The molecular weight excluding hydrogens is 509 g/mol. The summed E-state index contributed by atoms with van der Waals surface area (Å²) in [6, 6.07) is 11.2. The van der Waals surface area contributed by atoms with Crippen LogP contribution in [0.5, 0.6) is 0 Å². The molecule has 0 aliphatic carbocycles. The van der Waals surface area contributed by atoms with E-state index >= 15 is 0 Å². The molecule has 0 aliphatic rings. The van der Waals surface area contributed by atoms with Crippen molar-refractivity contribution in [3.63, 3.8) is 0 Å². The number of amides is 1. The minimum absolute atomic E-state index is 0.241. The van der Waals surface area contributed by atoms with Gasteiger partial charge in [-0.15, -0.1) is 10.2 Å². The van der Waals surface area contributed by atoms with Gasteiger partial charge in [-0.05, 0) is 59.3 Å². The fourth-order valence-corrected chi connectivity index (χ4v) is 4.29. The maximum atomic E-state index is 12.7. The lowest BCUT2D eigenvalue weighted by atomic mass is 10.1. The first-order valence-corrected chi connectivity index (χ1v) is 10.8. The second-order valence-corrected chi connectivity index (χ2v) is 8.79. The van der Waals surface area contributed by atoms with Gasteiger partial charge in [0.1, 0.15) is 5.01 Å². The van der Waals surface area contributed by atoms with Crippen LogP contribution >= 0.6 is 45.5 Å². The lowest BCUT2D eigenvalue weighted by molar-refractivity contribution is 0.102. The summed E-state index contributed by atoms with van der Waals surface area (Å²) in [6.45, 7) is 3.97. The van der Waals surface area contributed by atoms with Gasteiger partial charge in [0.15, 0.2) is 5.82 Å². The lowest BCUT2D eigenvalue weighted by Crippen LogP contribution is -2.13. The fraction of sp³-hybridized carbons (Fsp3) is 0.158. The molecule has 2 heterocycles. The molecule has 142 valence electrons. The minimum atomic E-state index is -0.241. The van der Waals surface area contributed by atoms with Gasteiger partial charge in [0.2, 0.25) is 4.96 Å². The Kier molecular flexibility index (Phi) is 5.35. The number of aryl methyl sites for hydroxylation is 2. The largest absolute Gasteiger partial charge is 0.322 e. The van der Waals surface area contributed by atoms with E-state index in [9.17, 15) is 4.79 Å². The predicted molar refractivity (Wildman–Crippen MR) is 120 cm³/mol. The first kappa shape index (κ1) is 19.3. The number of benzene rings is 2. The summed E-state index contributed by atoms with van der Waals surface area (Å²) < 4.78 is 2.72. The number of hydrogen-bond donors (Lipinski definition) is 1. The SMILES string of the molecule is CCc1nnc2sc(-c3ccc(C)c(NC(=O)c4cc(I)ccc4Cl)c3)nn12. The molecular formula is C19H15ClIN5OS. The van der Waals surface area contributed by atoms with E-state index in [1.54, 1.807) is 16.6 Å². The zero-order valence-electron chi connectivity index (χ0n) is 15.0. The van der Waals surface area contributed by atoms with E-state index in [0.717, 1.165) is 42.6 Å². The first-order chi connectivity index (χ1) is 13.5. The molecule has 9 heteroatoms. The van der Waals surface area contributed by atoms with Crippen LogP contribution in [0.3, 0.4) is 0 Å². The van der Waals surface area contributed by atoms with Crippen molar-refractivity contribution >= 4 is 62.1 Å². The molecule has 2 aromatic carbocycles. The number of hydrogen-bond acceptors (Lipinski definition) is 5. The molecule has 0 radical (unpaired) electrons. The van der Waals surface area contributed by atoms with Gasteiger partial charge in [0.25, 0.3) is 5.91 Å². The van der Waals surface area contributed by atoms with Gasteiger partial charge in [0, 0.05) is 21.2 Å². The topological polar surface area (TPSA) is 72.2 Å². The molecule has 0 spiro atoms. The summed E-state index contributed by atoms with van der Waals surface area (Å²) in [4.78, 5) is 13.5. The Hall–Kier alpha value is -2.04. The van der Waals surface area contributed by atoms with E-state index in [1.807, 2.05) is 38.1 Å². The monoisotopic (exact) mass is 523 g/mol. The Morgan fingerprint density at radius 3 is 2.86 bits per heavy atom. The van der Waals surface area contributed by atoms with Crippen molar-refractivity contribution < 1.29 is 4.79 Å². The number of fused-ring (bicyclic) bond motifs is 1. The molecule has 28 heavy (non-hydrogen) atoms. The Bertz CT molecular complexity index is 1200. The van der Waals surface area contributed by atoms with Crippen molar-refractivity contribution in [2.24, 2.45) is 0 Å². The van der Waals surface area contributed by atoms with Gasteiger partial charge in [0.05, 0.1) is 10.6 Å². The molecule has 4 aromatic rings. The van der Waals surface area contributed by atoms with Gasteiger partial charge in [-0.25, -0.2) is 0 Å². The predicted octanol–water partition coefficient (Wildman–Crippen LogP) is 5.23. The summed E-state index contributed by atoms with van der Waals surface area (Å²) in [6.07, 6.45) is 0.760. The molecule has 1 amide bonds. The Labute approximate surface area is 184 Å². The summed E-state index contributed by atoms with van der Waals surface area (Å²) in [5.41, 5.74) is 3.03. The summed E-state index contributed by atoms with van der Waals surface area (Å²) in [5.74, 6) is 0.585. The van der Waals surface area contributed by atoms with Crippen LogP contribution in [0, 0.1) is 10.5 Å². The van der Waals surface area contributed by atoms with Crippen LogP contribution in [0.25, 0.3) is 15.5 Å². The van der Waals surface area contributed by atoms with Crippen LogP contribution < -0.4 is 5.32 Å². The van der Waals surface area contributed by atoms with E-state index in [2.05, 4.69) is 43.2 Å². The smallest absolute Gasteiger partial charge is 0.257 e. The Morgan fingerprint density at radius 1 is 1.25 bits per heavy atom. The normalized spacial score (nSPS) is 11.1. The van der Waals surface area contributed by atoms with Crippen molar-refractivity contribution in [1.82, 2.24) is 19.8 Å². The fourth-order valence-electron chi connectivity index (χ4n) is 2.75. The maximum Gasteiger partial charge on any atom is 0.257 e. The third-order valence-corrected chi connectivity index (χ3v) is 6.23. The molecule has 2 aromatic heterocycles. The summed E-state index contributed by atoms with van der Waals surface area (Å²) in [7, 11) is 0. The van der Waals surface area contributed by atoms with Crippen molar-refractivity contribution in [1.29, 1.82) is 0 Å². The lowest BCUT2D eigenvalue weighted by Gasteiger charge is -2.11. The van der Waals surface area contributed by atoms with Gasteiger partial charge in [-0.3, -0.25) is 4.79 Å². The summed E-state index contributed by atoms with van der Waals surface area (Å²) >= 11 is 9.82. The first-order valence-electron chi connectivity index (χ1n) is 8.55. The molecule has 0 atom stereocenters. The van der Waals surface area contributed by atoms with Gasteiger partial charge in [-0.1, -0.05) is 42.0 Å². The average Bonchev–Trinajstić information content (AvgIpc) is 3.26. The third-order valence-electron chi connectivity index (χ3n) is 4.28. The number of halogens is 2. The molecule has 4 rings (SSSR count). The minimum Gasteiger partial charge on any atom is -0.322 e. The standard InChI is InChI=1S/C19H15ClIN5OS/c1-3-16-23-24-19-26(16)25-18(28-19)11-5-4-10(2)15(8-11)22-17(27)13-9-12(21)6-7-14(13)20/h4-9H,3H2,1-2H3,(H,22,27). The number of aromatic nitrogens is 4. The zero-order valence-corrected chi connectivity index (χ0v) is 18.8. The van der Waals surface area contributed by atoms with Crippen molar-refractivity contribution in [3.05, 3.63) is 61.9 Å². The second kappa shape index (κ2) is 7.76. The van der Waals surface area contributed by atoms with E-state index in [4.69, 9.17) is 11.6 Å². The molecule has 1 N–H and O–H groups in total. The van der Waals surface area contributed by atoms with Crippen LogP contribution in [0.15, 0.2) is 36.4 Å². The zero-order chi connectivity index (χ0) is 19.8. The highest BCUT2D eigenvalue weighted by molar-refractivity contribution is 14.1. The quantitative estimate of drug-likeness (QED) is 0.372. The average molecular weight is 524 g/mol. The van der Waals surface area contributed by atoms with Crippen LogP contribution in [-0.2, 0) is 6.42 Å². The van der Waals surface area contributed by atoms with Crippen molar-refractivity contribution in [2.75, 3.05) is 5.32 Å². The number of nitrogens with zero attached hydrogens (tertiary/aromatic N) is 4. The third kappa shape index (κ3) is 3.63. The summed E-state index contributed by atoms with van der Waals surface area (Å²) in [5, 5.41) is 17.1. The molecule has 0 unspecified atom stereocenters. The number of carbonyl (C=O) groups is 1. The van der Waals surface area contributed by atoms with Gasteiger partial charge in [-0.2, -0.15) is 9.61 Å². The van der Waals surface area contributed by atoms with Gasteiger partial charge < -0.3 is 5.32 Å². The van der Waals surface area contributed by atoms with Gasteiger partial charge >= 0.3 is 0 Å². The number of nitrogens with one attached hydrogen (secondary N) is 1. The van der Waals surface area contributed by atoms with Crippen LogP contribution in [0.4, 0.5) is 5.69 Å². The Morgan fingerprint density at radius 2 is 2.07 bits per heavy atom. The van der Waals surface area contributed by atoms with Crippen molar-refractivity contribution in [3.8, 4) is 10.6 Å². The highest BCUT2D eigenvalue weighted by Gasteiger charge is 2.15. The van der Waals surface area contributed by atoms with E-state index in [1.165, 1.54) is 11.3 Å². The Balaban J connectivity index is 1.67. The van der Waals surface area contributed by atoms with E-state index < -0.39 is 0 Å². The molecule has 0 saturated heterocycles. The maximum absolute atomic E-state index is 12.7. The molecule has 0 bridgehead atoms. The van der Waals surface area contributed by atoms with E-state index in [-0.39, 0.29) is 5.91 Å². The van der Waals surface area contributed by atoms with E-state index in [0.29, 0.717) is 10.6 Å². The van der Waals surface area contributed by atoms with Crippen LogP contribution in [-0.4, -0.2) is 25.7 Å². The van der Waals surface area contributed by atoms with Crippen LogP contribution in [0.1, 0.15) is 28.7 Å². The highest BCUT2D eigenvalue weighted by atomic mass is 127. The van der Waals surface area contributed by atoms with Crippen LogP contribution in [0.2, 0.25) is 5.02 Å². The second-order valence-electron chi connectivity index (χ2n) is 6.18. The highest BCUT2D eigenvalue weighted by Crippen LogP contribution is 2.30. The molecule has 0 saturated carbocycles. The van der Waals surface area contributed by atoms with Crippen molar-refractivity contribution in [2.45, 2.75) is 20.3 Å². The molecule has 0 aliphatic heterocycles. The number of carbonyl (C=O) groups excluding carboxylic acids is 1.